The maximum atomic E-state index is 10.2. The number of ether oxygens (including phenoxy) is 2. The summed E-state index contributed by atoms with van der Waals surface area (Å²) in [5.41, 5.74) is 2.32. The third-order valence-corrected chi connectivity index (χ3v) is 4.89. The normalized spacial score (nSPS) is 23.2. The molecule has 2 heterocycles. The molecule has 2 aliphatic rings. The third kappa shape index (κ3) is 3.96. The zero-order chi connectivity index (χ0) is 17.8. The number of hydrogen-bond acceptors (Lipinski definition) is 4. The van der Waals surface area contributed by atoms with Gasteiger partial charge in [0.15, 0.2) is 16.6 Å². The van der Waals surface area contributed by atoms with Crippen molar-refractivity contribution >= 4 is 17.3 Å². The zero-order valence-corrected chi connectivity index (χ0v) is 15.2. The molecule has 134 valence electrons. The Morgan fingerprint density at radius 3 is 3.16 bits per heavy atom. The Kier molecular flexibility index (Phi) is 5.60. The Labute approximate surface area is 153 Å². The third-order valence-electron chi connectivity index (χ3n) is 4.49. The van der Waals surface area contributed by atoms with Crippen molar-refractivity contribution in [3.8, 4) is 11.5 Å². The van der Waals surface area contributed by atoms with Crippen molar-refractivity contribution in [1.29, 1.82) is 0 Å². The Morgan fingerprint density at radius 2 is 2.40 bits per heavy atom. The van der Waals surface area contributed by atoms with Crippen LogP contribution in [-0.4, -0.2) is 47.5 Å². The van der Waals surface area contributed by atoms with Crippen LogP contribution >= 0.6 is 12.2 Å². The molecule has 6 heteroatoms. The predicted octanol–water partition coefficient (Wildman–Crippen LogP) is 2.18. The molecule has 0 aliphatic carbocycles. The molecular formula is C19H24N2O3S. The minimum atomic E-state index is -0.539. The molecule has 1 aromatic rings. The summed E-state index contributed by atoms with van der Waals surface area (Å²) in [5.74, 6) is 1.54. The molecule has 0 fully saturated rings. The van der Waals surface area contributed by atoms with E-state index in [0.29, 0.717) is 31.2 Å². The van der Waals surface area contributed by atoms with Gasteiger partial charge in [0.1, 0.15) is 6.10 Å². The fraction of sp³-hybridized carbons (Fsp3) is 0.421. The second-order valence-electron chi connectivity index (χ2n) is 6.27. The fourth-order valence-corrected chi connectivity index (χ4v) is 3.49. The summed E-state index contributed by atoms with van der Waals surface area (Å²) in [7, 11) is 1.65. The van der Waals surface area contributed by atoms with Crippen LogP contribution < -0.4 is 14.8 Å². The first kappa shape index (κ1) is 17.8. The van der Waals surface area contributed by atoms with Crippen LogP contribution in [0, 0.1) is 0 Å². The molecular weight excluding hydrogens is 336 g/mol. The molecule has 1 aromatic carbocycles. The molecule has 0 radical (unpaired) electrons. The first-order chi connectivity index (χ1) is 12.1. The van der Waals surface area contributed by atoms with Crippen molar-refractivity contribution in [2.45, 2.75) is 31.6 Å². The van der Waals surface area contributed by atoms with E-state index in [1.807, 2.05) is 18.2 Å². The van der Waals surface area contributed by atoms with E-state index in [4.69, 9.17) is 21.7 Å². The number of thiocarbonyl (C=S) groups is 1. The largest absolute Gasteiger partial charge is 0.493 e. The minimum Gasteiger partial charge on any atom is -0.493 e. The average Bonchev–Trinajstić information content (AvgIpc) is 3.00. The predicted molar refractivity (Wildman–Crippen MR) is 102 cm³/mol. The Bertz CT molecular complexity index is 689. The van der Waals surface area contributed by atoms with Gasteiger partial charge in [0.05, 0.1) is 13.2 Å². The molecule has 2 N–H and O–H groups in total. The standard InChI is InChI=1S/C19H24N2O3S/c1-3-8-20-19(25)21-9-4-5-14(22)10-15-11-16-13(12-21)6-7-17(23-2)18(16)24-15/h3-7,14-15,22H,1,8-12H2,2H3,(H,20,25)/b5-4+/t14-,15?/m0/s1. The highest BCUT2D eigenvalue weighted by Gasteiger charge is 2.30. The second kappa shape index (κ2) is 7.89. The number of rotatable bonds is 3. The molecule has 1 unspecified atom stereocenters. The smallest absolute Gasteiger partial charge is 0.169 e. The van der Waals surface area contributed by atoms with Gasteiger partial charge in [0, 0.05) is 38.0 Å². The highest BCUT2D eigenvalue weighted by atomic mass is 32.1. The summed E-state index contributed by atoms with van der Waals surface area (Å²) < 4.78 is 11.5. The van der Waals surface area contributed by atoms with E-state index in [1.54, 1.807) is 13.2 Å². The maximum Gasteiger partial charge on any atom is 0.169 e. The van der Waals surface area contributed by atoms with E-state index in [1.165, 1.54) is 5.56 Å². The lowest BCUT2D eigenvalue weighted by atomic mass is 10.00. The average molecular weight is 360 g/mol. The number of methoxy groups -OCH3 is 1. The molecule has 0 amide bonds. The zero-order valence-electron chi connectivity index (χ0n) is 14.4. The van der Waals surface area contributed by atoms with E-state index in [0.717, 1.165) is 23.5 Å². The summed E-state index contributed by atoms with van der Waals surface area (Å²) in [6, 6.07) is 4.01. The molecule has 25 heavy (non-hydrogen) atoms. The van der Waals surface area contributed by atoms with E-state index in [-0.39, 0.29) is 6.10 Å². The first-order valence-electron chi connectivity index (χ1n) is 8.46. The van der Waals surface area contributed by atoms with Crippen molar-refractivity contribution in [1.82, 2.24) is 10.2 Å². The van der Waals surface area contributed by atoms with Gasteiger partial charge in [-0.15, -0.1) is 6.58 Å². The van der Waals surface area contributed by atoms with Gasteiger partial charge >= 0.3 is 0 Å². The van der Waals surface area contributed by atoms with E-state index >= 15 is 0 Å². The molecule has 0 aromatic heterocycles. The minimum absolute atomic E-state index is 0.0397. The van der Waals surface area contributed by atoms with Gasteiger partial charge in [0.25, 0.3) is 0 Å². The molecule has 2 aliphatic heterocycles. The van der Waals surface area contributed by atoms with E-state index in [2.05, 4.69) is 22.9 Å². The van der Waals surface area contributed by atoms with Crippen LogP contribution in [0.4, 0.5) is 0 Å². The summed E-state index contributed by atoms with van der Waals surface area (Å²) in [6.07, 6.45) is 6.31. The summed E-state index contributed by atoms with van der Waals surface area (Å²) in [4.78, 5) is 2.07. The topological polar surface area (TPSA) is 54.0 Å². The van der Waals surface area contributed by atoms with E-state index in [9.17, 15) is 5.11 Å². The molecule has 2 atom stereocenters. The van der Waals surface area contributed by atoms with Crippen molar-refractivity contribution < 1.29 is 14.6 Å². The van der Waals surface area contributed by atoms with Gasteiger partial charge in [0.2, 0.25) is 0 Å². The van der Waals surface area contributed by atoms with Gasteiger partial charge < -0.3 is 24.8 Å². The van der Waals surface area contributed by atoms with Crippen molar-refractivity contribution in [2.75, 3.05) is 20.2 Å². The number of nitrogens with zero attached hydrogens (tertiary/aromatic N) is 1. The van der Waals surface area contributed by atoms with Gasteiger partial charge in [-0.1, -0.05) is 24.3 Å². The van der Waals surface area contributed by atoms with E-state index < -0.39 is 6.10 Å². The van der Waals surface area contributed by atoms with Crippen molar-refractivity contribution in [2.24, 2.45) is 0 Å². The molecule has 2 bridgehead atoms. The molecule has 0 spiro atoms. The Hall–Kier alpha value is -2.05. The van der Waals surface area contributed by atoms with Crippen LogP contribution in [0.5, 0.6) is 11.5 Å². The summed E-state index contributed by atoms with van der Waals surface area (Å²) in [6.45, 7) is 5.64. The number of aliphatic hydroxyl groups is 1. The van der Waals surface area contributed by atoms with Crippen LogP contribution in [0.15, 0.2) is 36.9 Å². The maximum absolute atomic E-state index is 10.2. The van der Waals surface area contributed by atoms with Gasteiger partial charge in [-0.2, -0.15) is 0 Å². The van der Waals surface area contributed by atoms with Gasteiger partial charge in [-0.25, -0.2) is 0 Å². The molecule has 5 nitrogen and oxygen atoms in total. The van der Waals surface area contributed by atoms with Crippen LogP contribution in [0.2, 0.25) is 0 Å². The van der Waals surface area contributed by atoms with Crippen molar-refractivity contribution in [3.05, 3.63) is 48.1 Å². The number of aliphatic hydroxyl groups excluding tert-OH is 1. The second-order valence-corrected chi connectivity index (χ2v) is 6.65. The summed E-state index contributed by atoms with van der Waals surface area (Å²) >= 11 is 5.52. The van der Waals surface area contributed by atoms with Gasteiger partial charge in [-0.3, -0.25) is 0 Å². The number of benzene rings is 1. The van der Waals surface area contributed by atoms with Crippen LogP contribution in [0.25, 0.3) is 0 Å². The molecule has 0 saturated carbocycles. The number of hydrogen-bond donors (Lipinski definition) is 2. The van der Waals surface area contributed by atoms with Crippen LogP contribution in [-0.2, 0) is 13.0 Å². The lowest BCUT2D eigenvalue weighted by molar-refractivity contribution is 0.133. The highest BCUT2D eigenvalue weighted by molar-refractivity contribution is 7.80. The van der Waals surface area contributed by atoms with Gasteiger partial charge in [-0.05, 0) is 23.8 Å². The van der Waals surface area contributed by atoms with Crippen LogP contribution in [0.1, 0.15) is 17.5 Å². The molecule has 0 saturated heterocycles. The monoisotopic (exact) mass is 360 g/mol. The van der Waals surface area contributed by atoms with Crippen molar-refractivity contribution in [3.63, 3.8) is 0 Å². The quantitative estimate of drug-likeness (QED) is 0.637. The Morgan fingerprint density at radius 1 is 1.56 bits per heavy atom. The highest BCUT2D eigenvalue weighted by Crippen LogP contribution is 2.41. The molecule has 3 rings (SSSR count). The fourth-order valence-electron chi connectivity index (χ4n) is 3.27. The number of fused-ring (bicyclic) bond motifs is 1. The summed E-state index contributed by atoms with van der Waals surface area (Å²) in [5, 5.41) is 14.1. The Balaban J connectivity index is 1.94. The first-order valence-corrected chi connectivity index (χ1v) is 8.87. The lowest BCUT2D eigenvalue weighted by Crippen LogP contribution is -2.39. The lowest BCUT2D eigenvalue weighted by Gasteiger charge is -2.25. The van der Waals surface area contributed by atoms with Crippen LogP contribution in [0.3, 0.4) is 0 Å². The number of nitrogens with one attached hydrogen (secondary N) is 1. The SMILES string of the molecule is C=CCNC(=S)N1C/C=C/[C@H](O)CC2Cc3c(ccc(OC)c3O2)C1.